The van der Waals surface area contributed by atoms with Crippen molar-refractivity contribution < 1.29 is 17.9 Å². The lowest BCUT2D eigenvalue weighted by atomic mass is 10.2. The number of thiazole rings is 1. The maximum Gasteiger partial charge on any atom is 0.250 e. The first-order valence-corrected chi connectivity index (χ1v) is 10.3. The highest BCUT2D eigenvalue weighted by atomic mass is 32.2. The number of carbonyl (C=O) groups is 1. The summed E-state index contributed by atoms with van der Waals surface area (Å²) < 4.78 is 29.0. The van der Waals surface area contributed by atoms with E-state index in [1.54, 1.807) is 25.3 Å². The molecule has 0 radical (unpaired) electrons. The third kappa shape index (κ3) is 4.27. The lowest BCUT2D eigenvalue weighted by Crippen LogP contribution is -2.07. The second-order valence-electron chi connectivity index (χ2n) is 5.52. The number of fused-ring (bicyclic) bond motifs is 1. The Balaban J connectivity index is 1.73. The molecule has 8 heteroatoms. The van der Waals surface area contributed by atoms with Crippen LogP contribution in [0.1, 0.15) is 5.56 Å². The summed E-state index contributed by atoms with van der Waals surface area (Å²) >= 11 is 1.22. The smallest absolute Gasteiger partial charge is 0.250 e. The maximum absolute atomic E-state index is 12.1. The van der Waals surface area contributed by atoms with Gasteiger partial charge in [-0.1, -0.05) is 23.5 Å². The zero-order chi connectivity index (χ0) is 18.7. The standard InChI is InChI=1S/C18H16N2O4S2/c1-24-13-6-3-12(4-7-13)5-10-17(21)20-18-19-15-9-8-14(26(2,22)23)11-16(15)25-18/h3-11H,1-2H3,(H,19,20,21)/b10-5+. The van der Waals surface area contributed by atoms with Crippen molar-refractivity contribution in [2.45, 2.75) is 4.90 Å². The van der Waals surface area contributed by atoms with E-state index in [0.717, 1.165) is 17.6 Å². The van der Waals surface area contributed by atoms with Gasteiger partial charge in [0.05, 0.1) is 22.2 Å². The number of carbonyl (C=O) groups excluding carboxylic acids is 1. The van der Waals surface area contributed by atoms with E-state index in [9.17, 15) is 13.2 Å². The molecule has 3 aromatic rings. The van der Waals surface area contributed by atoms with Crippen LogP contribution in [0.3, 0.4) is 0 Å². The molecular formula is C18H16N2O4S2. The van der Waals surface area contributed by atoms with Gasteiger partial charge >= 0.3 is 0 Å². The molecule has 0 aliphatic carbocycles. The number of nitrogens with zero attached hydrogens (tertiary/aromatic N) is 1. The third-order valence-electron chi connectivity index (χ3n) is 3.56. The Morgan fingerprint density at radius 2 is 1.92 bits per heavy atom. The zero-order valence-corrected chi connectivity index (χ0v) is 15.7. The Kier molecular flexibility index (Phi) is 5.06. The summed E-state index contributed by atoms with van der Waals surface area (Å²) in [5.74, 6) is 0.428. The molecule has 1 aromatic heterocycles. The lowest BCUT2D eigenvalue weighted by Gasteiger charge is -1.99. The van der Waals surface area contributed by atoms with Gasteiger partial charge < -0.3 is 4.74 Å². The molecule has 0 aliphatic heterocycles. The van der Waals surface area contributed by atoms with Crippen LogP contribution in [0.5, 0.6) is 5.75 Å². The van der Waals surface area contributed by atoms with Crippen molar-refractivity contribution in [2.24, 2.45) is 0 Å². The van der Waals surface area contributed by atoms with Crippen molar-refractivity contribution in [3.05, 3.63) is 54.1 Å². The molecule has 1 amide bonds. The van der Waals surface area contributed by atoms with Gasteiger partial charge in [0.1, 0.15) is 5.75 Å². The second-order valence-corrected chi connectivity index (χ2v) is 8.56. The lowest BCUT2D eigenvalue weighted by molar-refractivity contribution is -0.111. The van der Waals surface area contributed by atoms with Crippen LogP contribution in [0.25, 0.3) is 16.3 Å². The molecule has 1 heterocycles. The van der Waals surface area contributed by atoms with Gasteiger partial charge in [-0.3, -0.25) is 10.1 Å². The summed E-state index contributed by atoms with van der Waals surface area (Å²) in [4.78, 5) is 16.6. The highest BCUT2D eigenvalue weighted by Crippen LogP contribution is 2.28. The van der Waals surface area contributed by atoms with Crippen molar-refractivity contribution in [2.75, 3.05) is 18.7 Å². The molecule has 0 saturated carbocycles. The molecule has 26 heavy (non-hydrogen) atoms. The molecule has 0 unspecified atom stereocenters. The Morgan fingerprint density at radius 3 is 2.58 bits per heavy atom. The molecule has 0 atom stereocenters. The van der Waals surface area contributed by atoms with Crippen molar-refractivity contribution in [1.82, 2.24) is 4.98 Å². The van der Waals surface area contributed by atoms with E-state index in [-0.39, 0.29) is 10.8 Å². The average Bonchev–Trinajstić information content (AvgIpc) is 3.01. The summed E-state index contributed by atoms with van der Waals surface area (Å²) in [6, 6.07) is 12.0. The van der Waals surface area contributed by atoms with E-state index < -0.39 is 9.84 Å². The minimum atomic E-state index is -3.28. The van der Waals surface area contributed by atoms with Crippen molar-refractivity contribution in [3.63, 3.8) is 0 Å². The van der Waals surface area contributed by atoms with Crippen LogP contribution in [0, 0.1) is 0 Å². The topological polar surface area (TPSA) is 85.4 Å². The summed E-state index contributed by atoms with van der Waals surface area (Å²) in [6.07, 6.45) is 4.25. The largest absolute Gasteiger partial charge is 0.497 e. The number of amides is 1. The quantitative estimate of drug-likeness (QED) is 0.678. The molecule has 0 spiro atoms. The summed E-state index contributed by atoms with van der Waals surface area (Å²) in [5.41, 5.74) is 1.50. The Hall–Kier alpha value is -2.71. The third-order valence-corrected chi connectivity index (χ3v) is 5.60. The Bertz CT molecular complexity index is 1080. The summed E-state index contributed by atoms with van der Waals surface area (Å²) in [7, 11) is -1.69. The van der Waals surface area contributed by atoms with Crippen LogP contribution >= 0.6 is 11.3 Å². The van der Waals surface area contributed by atoms with Crippen molar-refractivity contribution in [3.8, 4) is 5.75 Å². The van der Waals surface area contributed by atoms with E-state index in [0.29, 0.717) is 15.3 Å². The minimum absolute atomic E-state index is 0.228. The van der Waals surface area contributed by atoms with E-state index in [2.05, 4.69) is 10.3 Å². The minimum Gasteiger partial charge on any atom is -0.497 e. The Morgan fingerprint density at radius 1 is 1.19 bits per heavy atom. The molecule has 1 N–H and O–H groups in total. The van der Waals surface area contributed by atoms with E-state index in [1.807, 2.05) is 24.3 Å². The van der Waals surface area contributed by atoms with Crippen LogP contribution in [0.15, 0.2) is 53.4 Å². The number of hydrogen-bond acceptors (Lipinski definition) is 6. The predicted molar refractivity (Wildman–Crippen MR) is 103 cm³/mol. The molecule has 3 rings (SSSR count). The average molecular weight is 388 g/mol. The van der Waals surface area contributed by atoms with Gasteiger partial charge in [-0.15, -0.1) is 0 Å². The van der Waals surface area contributed by atoms with Gasteiger partial charge in [0.25, 0.3) is 0 Å². The number of aromatic nitrogens is 1. The second kappa shape index (κ2) is 7.27. The highest BCUT2D eigenvalue weighted by Gasteiger charge is 2.11. The van der Waals surface area contributed by atoms with Gasteiger partial charge in [0, 0.05) is 12.3 Å². The van der Waals surface area contributed by atoms with Gasteiger partial charge in [0.15, 0.2) is 15.0 Å². The molecule has 2 aromatic carbocycles. The van der Waals surface area contributed by atoms with Crippen LogP contribution < -0.4 is 10.1 Å². The highest BCUT2D eigenvalue weighted by molar-refractivity contribution is 7.90. The first-order valence-electron chi connectivity index (χ1n) is 7.59. The van der Waals surface area contributed by atoms with Crippen LogP contribution in [-0.2, 0) is 14.6 Å². The molecule has 0 saturated heterocycles. The first-order chi connectivity index (χ1) is 12.3. The molecule has 134 valence electrons. The fraction of sp³-hybridized carbons (Fsp3) is 0.111. The fourth-order valence-corrected chi connectivity index (χ4v) is 3.85. The molecule has 0 aliphatic rings. The number of sulfone groups is 1. The van der Waals surface area contributed by atoms with Crippen molar-refractivity contribution in [1.29, 1.82) is 0 Å². The SMILES string of the molecule is COc1ccc(/C=C/C(=O)Nc2nc3ccc(S(C)(=O)=O)cc3s2)cc1. The number of nitrogens with one attached hydrogen (secondary N) is 1. The van der Waals surface area contributed by atoms with E-state index in [4.69, 9.17) is 4.74 Å². The maximum atomic E-state index is 12.1. The Labute approximate surface area is 155 Å². The number of methoxy groups -OCH3 is 1. The number of anilines is 1. The monoisotopic (exact) mass is 388 g/mol. The van der Waals surface area contributed by atoms with Gasteiger partial charge in [-0.25, -0.2) is 13.4 Å². The molecular weight excluding hydrogens is 372 g/mol. The fourth-order valence-electron chi connectivity index (χ4n) is 2.22. The van der Waals surface area contributed by atoms with E-state index >= 15 is 0 Å². The zero-order valence-electron chi connectivity index (χ0n) is 14.1. The number of benzene rings is 2. The summed E-state index contributed by atoms with van der Waals surface area (Å²) in [6.45, 7) is 0. The molecule has 0 fully saturated rings. The van der Waals surface area contributed by atoms with E-state index in [1.165, 1.54) is 23.5 Å². The number of hydrogen-bond donors (Lipinski definition) is 1. The number of rotatable bonds is 5. The normalized spacial score (nSPS) is 11.8. The van der Waals surface area contributed by atoms with Crippen LogP contribution in [0.4, 0.5) is 5.13 Å². The van der Waals surface area contributed by atoms with Crippen LogP contribution in [-0.4, -0.2) is 32.7 Å². The molecule has 0 bridgehead atoms. The van der Waals surface area contributed by atoms with Gasteiger partial charge in [-0.2, -0.15) is 0 Å². The van der Waals surface area contributed by atoms with Gasteiger partial charge in [-0.05, 0) is 42.0 Å². The van der Waals surface area contributed by atoms with Gasteiger partial charge in [0.2, 0.25) is 5.91 Å². The van der Waals surface area contributed by atoms with Crippen molar-refractivity contribution >= 4 is 48.5 Å². The number of ether oxygens (including phenoxy) is 1. The van der Waals surface area contributed by atoms with Crippen LogP contribution in [0.2, 0.25) is 0 Å². The predicted octanol–water partition coefficient (Wildman–Crippen LogP) is 3.36. The first kappa shape index (κ1) is 18.1. The molecule has 6 nitrogen and oxygen atoms in total. The summed E-state index contributed by atoms with van der Waals surface area (Å²) in [5, 5.41) is 3.10.